The van der Waals surface area contributed by atoms with Gasteiger partial charge in [0.25, 0.3) is 5.91 Å². The molecular weight excluding hydrogens is 458 g/mol. The first-order valence-electron chi connectivity index (χ1n) is 12.3. The largest absolute Gasteiger partial charge is 0.497 e. The van der Waals surface area contributed by atoms with E-state index >= 15 is 0 Å². The van der Waals surface area contributed by atoms with E-state index in [1.165, 1.54) is 0 Å². The maximum atomic E-state index is 14.5. The molecule has 4 aromatic carbocycles. The third kappa shape index (κ3) is 3.37. The van der Waals surface area contributed by atoms with E-state index < -0.39 is 11.5 Å². The summed E-state index contributed by atoms with van der Waals surface area (Å²) in [5.41, 5.74) is 4.62. The molecule has 1 amide bonds. The van der Waals surface area contributed by atoms with Crippen LogP contribution in [-0.2, 0) is 15.1 Å². The van der Waals surface area contributed by atoms with E-state index in [-0.39, 0.29) is 5.91 Å². The highest BCUT2D eigenvalue weighted by Gasteiger charge is 2.61. The SMILES string of the molecule is COc1ccc(N2C(=O)C(c3ccccc3)=C3C=C(C=O)[C@@H](c4ccccc4)[C@]32c2ccccc2)cc1. The van der Waals surface area contributed by atoms with Gasteiger partial charge in [-0.3, -0.25) is 14.5 Å². The van der Waals surface area contributed by atoms with Gasteiger partial charge in [-0.05, 0) is 52.6 Å². The minimum atomic E-state index is -0.949. The van der Waals surface area contributed by atoms with Crippen LogP contribution in [-0.4, -0.2) is 19.3 Å². The van der Waals surface area contributed by atoms with Crippen LogP contribution in [0.4, 0.5) is 5.69 Å². The van der Waals surface area contributed by atoms with Gasteiger partial charge in [-0.2, -0.15) is 0 Å². The molecule has 37 heavy (non-hydrogen) atoms. The predicted molar refractivity (Wildman–Crippen MR) is 145 cm³/mol. The number of rotatable bonds is 6. The maximum absolute atomic E-state index is 14.5. The second-order valence-corrected chi connectivity index (χ2v) is 9.23. The molecule has 0 N–H and O–H groups in total. The number of benzene rings is 4. The Balaban J connectivity index is 1.73. The Morgan fingerprint density at radius 2 is 1.38 bits per heavy atom. The summed E-state index contributed by atoms with van der Waals surface area (Å²) in [6, 6.07) is 37.3. The Kier molecular flexibility index (Phi) is 5.57. The first kappa shape index (κ1) is 22.7. The van der Waals surface area contributed by atoms with Crippen molar-refractivity contribution in [2.24, 2.45) is 0 Å². The number of aldehydes is 1. The lowest BCUT2D eigenvalue weighted by molar-refractivity contribution is -0.114. The van der Waals surface area contributed by atoms with Crippen LogP contribution >= 0.6 is 0 Å². The molecule has 6 rings (SSSR count). The lowest BCUT2D eigenvalue weighted by Gasteiger charge is -2.44. The van der Waals surface area contributed by atoms with Crippen LogP contribution in [0, 0.1) is 0 Å². The fourth-order valence-electron chi connectivity index (χ4n) is 5.92. The molecule has 180 valence electrons. The van der Waals surface area contributed by atoms with Crippen molar-refractivity contribution >= 4 is 23.5 Å². The van der Waals surface area contributed by atoms with Crippen molar-refractivity contribution in [1.82, 2.24) is 0 Å². The van der Waals surface area contributed by atoms with Crippen LogP contribution in [0.2, 0.25) is 0 Å². The molecule has 0 unspecified atom stereocenters. The number of methoxy groups -OCH3 is 1. The van der Waals surface area contributed by atoms with E-state index in [4.69, 9.17) is 4.74 Å². The summed E-state index contributed by atoms with van der Waals surface area (Å²) in [6.07, 6.45) is 2.87. The summed E-state index contributed by atoms with van der Waals surface area (Å²) in [5.74, 6) is 0.214. The molecule has 1 heterocycles. The summed E-state index contributed by atoms with van der Waals surface area (Å²) in [6.45, 7) is 0. The van der Waals surface area contributed by atoms with Crippen molar-refractivity contribution in [1.29, 1.82) is 0 Å². The molecule has 4 aromatic rings. The zero-order valence-electron chi connectivity index (χ0n) is 20.4. The highest BCUT2D eigenvalue weighted by molar-refractivity contribution is 6.32. The van der Waals surface area contributed by atoms with Gasteiger partial charge in [-0.25, -0.2) is 0 Å². The van der Waals surface area contributed by atoms with Gasteiger partial charge in [-0.1, -0.05) is 91.0 Å². The van der Waals surface area contributed by atoms with Gasteiger partial charge < -0.3 is 4.74 Å². The van der Waals surface area contributed by atoms with Crippen LogP contribution < -0.4 is 9.64 Å². The quantitative estimate of drug-likeness (QED) is 0.302. The topological polar surface area (TPSA) is 46.6 Å². The van der Waals surface area contributed by atoms with Crippen molar-refractivity contribution in [3.05, 3.63) is 149 Å². The zero-order valence-corrected chi connectivity index (χ0v) is 20.4. The van der Waals surface area contributed by atoms with E-state index in [1.54, 1.807) is 7.11 Å². The molecule has 4 heteroatoms. The smallest absolute Gasteiger partial charge is 0.260 e. The lowest BCUT2D eigenvalue weighted by atomic mass is 9.71. The normalized spacial score (nSPS) is 20.6. The van der Waals surface area contributed by atoms with E-state index in [2.05, 4.69) is 12.1 Å². The van der Waals surface area contributed by atoms with Crippen LogP contribution in [0.5, 0.6) is 5.75 Å². The van der Waals surface area contributed by atoms with Crippen molar-refractivity contribution in [3.63, 3.8) is 0 Å². The van der Waals surface area contributed by atoms with Crippen molar-refractivity contribution in [2.75, 3.05) is 12.0 Å². The molecule has 0 bridgehead atoms. The van der Waals surface area contributed by atoms with E-state index in [0.29, 0.717) is 16.9 Å². The van der Waals surface area contributed by atoms with Crippen molar-refractivity contribution < 1.29 is 14.3 Å². The monoisotopic (exact) mass is 483 g/mol. The van der Waals surface area contributed by atoms with E-state index in [9.17, 15) is 9.59 Å². The summed E-state index contributed by atoms with van der Waals surface area (Å²) in [4.78, 5) is 29.1. The summed E-state index contributed by atoms with van der Waals surface area (Å²) in [7, 11) is 1.62. The van der Waals surface area contributed by atoms with Crippen LogP contribution in [0.15, 0.2) is 132 Å². The number of fused-ring (bicyclic) bond motifs is 1. The van der Waals surface area contributed by atoms with Gasteiger partial charge in [0.15, 0.2) is 0 Å². The molecule has 2 atom stereocenters. The predicted octanol–water partition coefficient (Wildman–Crippen LogP) is 6.31. The Morgan fingerprint density at radius 3 is 1.97 bits per heavy atom. The van der Waals surface area contributed by atoms with Crippen molar-refractivity contribution in [2.45, 2.75) is 11.5 Å². The molecule has 2 aliphatic rings. The summed E-state index contributed by atoms with van der Waals surface area (Å²) >= 11 is 0. The third-order valence-electron chi connectivity index (χ3n) is 7.39. The fraction of sp³-hybridized carbons (Fsp3) is 0.0909. The third-order valence-corrected chi connectivity index (χ3v) is 7.39. The molecule has 0 saturated heterocycles. The summed E-state index contributed by atoms with van der Waals surface area (Å²) in [5, 5.41) is 0. The molecule has 0 saturated carbocycles. The Hall–Kier alpha value is -4.70. The first-order valence-corrected chi connectivity index (χ1v) is 12.3. The number of nitrogens with zero attached hydrogens (tertiary/aromatic N) is 1. The molecule has 1 aliphatic heterocycles. The highest BCUT2D eigenvalue weighted by Crippen LogP contribution is 2.62. The Labute approximate surface area is 216 Å². The van der Waals surface area contributed by atoms with Gasteiger partial charge in [0, 0.05) is 17.2 Å². The Bertz CT molecular complexity index is 1520. The van der Waals surface area contributed by atoms with Crippen molar-refractivity contribution in [3.8, 4) is 5.75 Å². The van der Waals surface area contributed by atoms with Gasteiger partial charge in [0.05, 0.1) is 12.7 Å². The minimum Gasteiger partial charge on any atom is -0.497 e. The van der Waals surface area contributed by atoms with Gasteiger partial charge >= 0.3 is 0 Å². The molecule has 0 spiro atoms. The number of carbonyl (C=O) groups is 2. The molecule has 0 fully saturated rings. The number of ether oxygens (including phenoxy) is 1. The average molecular weight is 484 g/mol. The average Bonchev–Trinajstić information content (AvgIpc) is 3.42. The first-order chi connectivity index (χ1) is 18.2. The summed E-state index contributed by atoms with van der Waals surface area (Å²) < 4.78 is 5.40. The van der Waals surface area contributed by atoms with E-state index in [1.807, 2.05) is 114 Å². The second kappa shape index (κ2) is 9.07. The second-order valence-electron chi connectivity index (χ2n) is 9.23. The van der Waals surface area contributed by atoms with Gasteiger partial charge in [0.1, 0.15) is 17.6 Å². The van der Waals surface area contributed by atoms with Crippen LogP contribution in [0.3, 0.4) is 0 Å². The molecule has 1 aliphatic carbocycles. The number of hydrogen-bond acceptors (Lipinski definition) is 3. The molecule has 4 nitrogen and oxygen atoms in total. The van der Waals surface area contributed by atoms with Crippen LogP contribution in [0.25, 0.3) is 5.57 Å². The van der Waals surface area contributed by atoms with Gasteiger partial charge in [0.2, 0.25) is 0 Å². The maximum Gasteiger partial charge on any atom is 0.260 e. The fourth-order valence-corrected chi connectivity index (χ4v) is 5.92. The van der Waals surface area contributed by atoms with E-state index in [0.717, 1.165) is 34.2 Å². The standard InChI is InChI=1S/C33H25NO3/c1-37-28-19-17-27(18-20-28)34-32(36)30(23-11-5-2-6-12-23)29-21-25(22-35)31(24-13-7-3-8-14-24)33(29,34)26-15-9-4-10-16-26/h2-22,31H,1H3/t31-,33+/m1/s1. The van der Waals surface area contributed by atoms with Crippen LogP contribution in [0.1, 0.15) is 22.6 Å². The Morgan fingerprint density at radius 1 is 0.784 bits per heavy atom. The lowest BCUT2D eigenvalue weighted by Crippen LogP contribution is -2.49. The number of amides is 1. The number of carbonyl (C=O) groups excluding carboxylic acids is 2. The zero-order chi connectivity index (χ0) is 25.4. The molecular formula is C33H25NO3. The number of hydrogen-bond donors (Lipinski definition) is 0. The molecule has 0 aromatic heterocycles. The minimum absolute atomic E-state index is 0.0997. The molecule has 0 radical (unpaired) electrons. The number of anilines is 1. The highest BCUT2D eigenvalue weighted by atomic mass is 16.5. The van der Waals surface area contributed by atoms with Gasteiger partial charge in [-0.15, -0.1) is 0 Å².